The maximum absolute atomic E-state index is 12.8. The summed E-state index contributed by atoms with van der Waals surface area (Å²) >= 11 is 0. The van der Waals surface area contributed by atoms with E-state index in [9.17, 15) is 4.79 Å². The molecule has 1 heterocycles. The summed E-state index contributed by atoms with van der Waals surface area (Å²) in [4.78, 5) is 17.4. The number of rotatable bonds is 6. The van der Waals surface area contributed by atoms with Gasteiger partial charge in [-0.15, -0.1) is 0 Å². The third-order valence-corrected chi connectivity index (χ3v) is 4.94. The lowest BCUT2D eigenvalue weighted by Gasteiger charge is -2.16. The highest BCUT2D eigenvalue weighted by Crippen LogP contribution is 2.25. The van der Waals surface area contributed by atoms with Gasteiger partial charge in [0, 0.05) is 12.2 Å². The summed E-state index contributed by atoms with van der Waals surface area (Å²) in [7, 11) is 1.62. The summed E-state index contributed by atoms with van der Waals surface area (Å²) in [5, 5.41) is 6.13. The molecule has 2 aromatic carbocycles. The normalized spacial score (nSPS) is 16.5. The molecule has 0 aliphatic carbocycles. The van der Waals surface area contributed by atoms with Crippen LogP contribution in [0.25, 0.3) is 0 Å². The van der Waals surface area contributed by atoms with E-state index in [0.29, 0.717) is 23.8 Å². The van der Waals surface area contributed by atoms with Crippen molar-refractivity contribution < 1.29 is 14.3 Å². The van der Waals surface area contributed by atoms with E-state index in [2.05, 4.69) is 22.5 Å². The SMILES string of the molecule is CCc1ccc(C(=O)NC(=NCC2CCCO2)Nc2cc(C)ccc2OC)cc1. The Balaban J connectivity index is 1.79. The zero-order valence-corrected chi connectivity index (χ0v) is 17.3. The Kier molecular flexibility index (Phi) is 7.25. The molecule has 0 bridgehead atoms. The first-order valence-electron chi connectivity index (χ1n) is 10.1. The molecule has 154 valence electrons. The van der Waals surface area contributed by atoms with Gasteiger partial charge < -0.3 is 14.8 Å². The fourth-order valence-electron chi connectivity index (χ4n) is 3.21. The van der Waals surface area contributed by atoms with Crippen molar-refractivity contribution in [2.45, 2.75) is 39.2 Å². The molecule has 6 nitrogen and oxygen atoms in total. The number of anilines is 1. The fourth-order valence-corrected chi connectivity index (χ4v) is 3.21. The molecular formula is C23H29N3O3. The monoisotopic (exact) mass is 395 g/mol. The lowest BCUT2D eigenvalue weighted by molar-refractivity contribution is 0.0975. The van der Waals surface area contributed by atoms with Gasteiger partial charge in [-0.2, -0.15) is 0 Å². The lowest BCUT2D eigenvalue weighted by atomic mass is 10.1. The van der Waals surface area contributed by atoms with Gasteiger partial charge in [0.2, 0.25) is 5.96 Å². The second kappa shape index (κ2) is 10.1. The quantitative estimate of drug-likeness (QED) is 0.574. The number of carbonyl (C=O) groups is 1. The highest BCUT2D eigenvalue weighted by molar-refractivity contribution is 6.10. The largest absolute Gasteiger partial charge is 0.495 e. The molecule has 1 aliphatic rings. The van der Waals surface area contributed by atoms with Crippen LogP contribution in [0.15, 0.2) is 47.5 Å². The summed E-state index contributed by atoms with van der Waals surface area (Å²) in [6, 6.07) is 13.4. The Hall–Kier alpha value is -2.86. The van der Waals surface area contributed by atoms with Crippen LogP contribution in [-0.4, -0.2) is 38.2 Å². The molecular weight excluding hydrogens is 366 g/mol. The Morgan fingerprint density at radius 2 is 2.03 bits per heavy atom. The summed E-state index contributed by atoms with van der Waals surface area (Å²) in [5.74, 6) is 0.855. The number of carbonyl (C=O) groups excluding carboxylic acids is 1. The molecule has 1 fully saturated rings. The highest BCUT2D eigenvalue weighted by atomic mass is 16.5. The molecule has 3 rings (SSSR count). The van der Waals surface area contributed by atoms with Crippen LogP contribution in [-0.2, 0) is 11.2 Å². The van der Waals surface area contributed by atoms with E-state index in [-0.39, 0.29) is 12.0 Å². The Morgan fingerprint density at radius 3 is 2.69 bits per heavy atom. The van der Waals surface area contributed by atoms with Crippen LogP contribution in [0.4, 0.5) is 5.69 Å². The zero-order chi connectivity index (χ0) is 20.6. The number of hydrogen-bond donors (Lipinski definition) is 2. The number of hydrogen-bond acceptors (Lipinski definition) is 4. The minimum absolute atomic E-state index is 0.0898. The first-order valence-corrected chi connectivity index (χ1v) is 10.1. The number of nitrogens with zero attached hydrogens (tertiary/aromatic N) is 1. The minimum Gasteiger partial charge on any atom is -0.495 e. The predicted octanol–water partition coefficient (Wildman–Crippen LogP) is 3.94. The van der Waals surface area contributed by atoms with Gasteiger partial charge >= 0.3 is 0 Å². The maximum atomic E-state index is 12.8. The third kappa shape index (κ3) is 5.81. The van der Waals surface area contributed by atoms with Crippen molar-refractivity contribution in [1.29, 1.82) is 0 Å². The Labute approximate surface area is 172 Å². The van der Waals surface area contributed by atoms with Gasteiger partial charge in [-0.25, -0.2) is 4.99 Å². The topological polar surface area (TPSA) is 72.0 Å². The number of benzene rings is 2. The highest BCUT2D eigenvalue weighted by Gasteiger charge is 2.17. The van der Waals surface area contributed by atoms with Crippen molar-refractivity contribution in [2.24, 2.45) is 4.99 Å². The van der Waals surface area contributed by atoms with Gasteiger partial charge in [0.05, 0.1) is 25.4 Å². The van der Waals surface area contributed by atoms with Crippen LogP contribution in [0.2, 0.25) is 0 Å². The van der Waals surface area contributed by atoms with Gasteiger partial charge in [-0.1, -0.05) is 25.1 Å². The van der Waals surface area contributed by atoms with Gasteiger partial charge in [-0.3, -0.25) is 10.1 Å². The first kappa shape index (κ1) is 20.9. The van der Waals surface area contributed by atoms with Gasteiger partial charge in [0.1, 0.15) is 5.75 Å². The molecule has 29 heavy (non-hydrogen) atoms. The van der Waals surface area contributed by atoms with Crippen LogP contribution in [0.3, 0.4) is 0 Å². The average molecular weight is 396 g/mol. The van der Waals surface area contributed by atoms with Gasteiger partial charge in [-0.05, 0) is 61.6 Å². The zero-order valence-electron chi connectivity index (χ0n) is 17.3. The molecule has 1 saturated heterocycles. The Bertz CT molecular complexity index is 856. The van der Waals surface area contributed by atoms with Crippen LogP contribution < -0.4 is 15.4 Å². The number of ether oxygens (including phenoxy) is 2. The summed E-state index contributed by atoms with van der Waals surface area (Å²) in [6.45, 7) is 5.35. The van der Waals surface area contributed by atoms with Crippen molar-refractivity contribution >= 4 is 17.6 Å². The molecule has 1 aliphatic heterocycles. The van der Waals surface area contributed by atoms with Crippen molar-refractivity contribution in [3.8, 4) is 5.75 Å². The molecule has 2 N–H and O–H groups in total. The summed E-state index contributed by atoms with van der Waals surface area (Å²) in [6.07, 6.45) is 3.05. The van der Waals surface area contributed by atoms with E-state index in [0.717, 1.165) is 37.1 Å². The number of aliphatic imine (C=N–C) groups is 1. The lowest BCUT2D eigenvalue weighted by Crippen LogP contribution is -2.37. The van der Waals surface area contributed by atoms with Crippen LogP contribution >= 0.6 is 0 Å². The number of guanidine groups is 1. The average Bonchev–Trinajstić information content (AvgIpc) is 3.26. The second-order valence-corrected chi connectivity index (χ2v) is 7.16. The predicted molar refractivity (Wildman–Crippen MR) is 116 cm³/mol. The maximum Gasteiger partial charge on any atom is 0.257 e. The molecule has 0 aromatic heterocycles. The molecule has 1 unspecified atom stereocenters. The van der Waals surface area contributed by atoms with E-state index < -0.39 is 0 Å². The first-order chi connectivity index (χ1) is 14.1. The molecule has 1 atom stereocenters. The Morgan fingerprint density at radius 1 is 1.24 bits per heavy atom. The minimum atomic E-state index is -0.210. The number of methoxy groups -OCH3 is 1. The van der Waals surface area contributed by atoms with Crippen molar-refractivity contribution in [3.63, 3.8) is 0 Å². The molecule has 2 aromatic rings. The van der Waals surface area contributed by atoms with E-state index in [1.807, 2.05) is 49.4 Å². The molecule has 0 spiro atoms. The van der Waals surface area contributed by atoms with Crippen LogP contribution in [0, 0.1) is 6.92 Å². The second-order valence-electron chi connectivity index (χ2n) is 7.16. The van der Waals surface area contributed by atoms with Crippen LogP contribution in [0.5, 0.6) is 5.75 Å². The van der Waals surface area contributed by atoms with Crippen molar-refractivity contribution in [2.75, 3.05) is 25.6 Å². The van der Waals surface area contributed by atoms with Gasteiger partial charge in [0.15, 0.2) is 0 Å². The molecule has 0 radical (unpaired) electrons. The smallest absolute Gasteiger partial charge is 0.257 e. The number of amides is 1. The summed E-state index contributed by atoms with van der Waals surface area (Å²) in [5.41, 5.74) is 3.61. The van der Waals surface area contributed by atoms with E-state index in [1.165, 1.54) is 5.56 Å². The standard InChI is InChI=1S/C23H29N3O3/c1-4-17-8-10-18(11-9-17)22(27)26-23(24-15-19-6-5-13-29-19)25-20-14-16(2)7-12-21(20)28-3/h7-12,14,19H,4-6,13,15H2,1-3H3,(H2,24,25,26,27). The van der Waals surface area contributed by atoms with Gasteiger partial charge in [0.25, 0.3) is 5.91 Å². The van der Waals surface area contributed by atoms with E-state index in [1.54, 1.807) is 7.11 Å². The third-order valence-electron chi connectivity index (χ3n) is 4.94. The number of nitrogens with one attached hydrogen (secondary N) is 2. The molecule has 0 saturated carbocycles. The van der Waals surface area contributed by atoms with Crippen molar-refractivity contribution in [1.82, 2.24) is 5.32 Å². The van der Waals surface area contributed by atoms with E-state index >= 15 is 0 Å². The molecule has 1 amide bonds. The molecule has 6 heteroatoms. The fraction of sp³-hybridized carbons (Fsp3) is 0.391. The number of aryl methyl sites for hydroxylation is 2. The van der Waals surface area contributed by atoms with E-state index in [4.69, 9.17) is 9.47 Å². The van der Waals surface area contributed by atoms with Crippen LogP contribution in [0.1, 0.15) is 41.3 Å². The summed E-state index contributed by atoms with van der Waals surface area (Å²) < 4.78 is 11.1. The van der Waals surface area contributed by atoms with Crippen molar-refractivity contribution in [3.05, 3.63) is 59.2 Å².